The third kappa shape index (κ3) is 2.86. The number of phenols is 1. The number of hydrogen-bond acceptors (Lipinski definition) is 7. The summed E-state index contributed by atoms with van der Waals surface area (Å²) in [4.78, 5) is 12.3. The molecule has 0 unspecified atom stereocenters. The maximum absolute atomic E-state index is 12.3. The van der Waals surface area contributed by atoms with Crippen molar-refractivity contribution in [2.24, 2.45) is 5.73 Å². The lowest BCUT2D eigenvalue weighted by Crippen LogP contribution is -2.25. The molecule has 1 heterocycles. The molecule has 7 heteroatoms. The molecular weight excluding hydrogens is 312 g/mol. The van der Waals surface area contributed by atoms with Crippen molar-refractivity contribution in [1.82, 2.24) is 0 Å². The van der Waals surface area contributed by atoms with E-state index in [9.17, 15) is 15.2 Å². The maximum Gasteiger partial charge on any atom is 0.338 e. The van der Waals surface area contributed by atoms with Crippen molar-refractivity contribution in [1.29, 1.82) is 5.26 Å². The predicted octanol–water partition coefficient (Wildman–Crippen LogP) is 2.05. The number of methoxy groups -OCH3 is 2. The Kier molecular flexibility index (Phi) is 4.99. The van der Waals surface area contributed by atoms with Crippen molar-refractivity contribution >= 4 is 5.97 Å². The van der Waals surface area contributed by atoms with Crippen LogP contribution < -0.4 is 10.5 Å². The lowest BCUT2D eigenvalue weighted by atomic mass is 9.82. The minimum absolute atomic E-state index is 0.0527. The van der Waals surface area contributed by atoms with Gasteiger partial charge in [-0.15, -0.1) is 0 Å². The first-order valence-corrected chi connectivity index (χ1v) is 7.24. The van der Waals surface area contributed by atoms with E-state index in [0.717, 1.165) is 0 Å². The molecule has 0 saturated heterocycles. The molecule has 1 atom stereocenters. The molecule has 0 bridgehead atoms. The fourth-order valence-electron chi connectivity index (χ4n) is 2.62. The maximum atomic E-state index is 12.3. The molecule has 126 valence electrons. The van der Waals surface area contributed by atoms with E-state index in [1.807, 2.05) is 6.07 Å². The highest BCUT2D eigenvalue weighted by atomic mass is 16.5. The van der Waals surface area contributed by atoms with Crippen LogP contribution in [0.15, 0.2) is 41.0 Å². The molecule has 0 amide bonds. The highest BCUT2D eigenvalue weighted by Gasteiger charge is 2.37. The van der Waals surface area contributed by atoms with Crippen LogP contribution in [0.5, 0.6) is 11.5 Å². The standard InChI is InChI=1S/C17H18N2O5/c1-4-12-15(17(21)23-3)14(10(8-18)16(19)24-12)9-5-6-11(20)13(7-9)22-2/h5-7,14,20H,4,19H2,1-3H3/t14-/m1/s1. The van der Waals surface area contributed by atoms with Crippen LogP contribution in [0.2, 0.25) is 0 Å². The number of rotatable bonds is 4. The van der Waals surface area contributed by atoms with E-state index in [4.69, 9.17) is 19.9 Å². The van der Waals surface area contributed by atoms with E-state index in [-0.39, 0.29) is 28.5 Å². The Morgan fingerprint density at radius 2 is 2.17 bits per heavy atom. The number of hydrogen-bond donors (Lipinski definition) is 2. The Morgan fingerprint density at radius 3 is 2.71 bits per heavy atom. The highest BCUT2D eigenvalue weighted by Crippen LogP contribution is 2.42. The largest absolute Gasteiger partial charge is 0.504 e. The SMILES string of the molecule is CCC1=C(C(=O)OC)[C@H](c2ccc(O)c(OC)c2)C(C#N)=C(N)O1. The summed E-state index contributed by atoms with van der Waals surface area (Å²) in [6.45, 7) is 1.80. The molecule has 1 aromatic carbocycles. The van der Waals surface area contributed by atoms with Crippen LogP contribution in [-0.2, 0) is 14.3 Å². The number of carbonyl (C=O) groups excluding carboxylic acids is 1. The van der Waals surface area contributed by atoms with Gasteiger partial charge in [0.15, 0.2) is 11.5 Å². The fourth-order valence-corrected chi connectivity index (χ4v) is 2.62. The second-order valence-corrected chi connectivity index (χ2v) is 5.04. The zero-order chi connectivity index (χ0) is 17.9. The van der Waals surface area contributed by atoms with E-state index in [1.54, 1.807) is 19.1 Å². The molecule has 0 aromatic heterocycles. The molecule has 24 heavy (non-hydrogen) atoms. The average Bonchev–Trinajstić information content (AvgIpc) is 2.60. The van der Waals surface area contributed by atoms with Gasteiger partial charge in [0.05, 0.1) is 25.7 Å². The summed E-state index contributed by atoms with van der Waals surface area (Å²) in [6, 6.07) is 6.56. The quantitative estimate of drug-likeness (QED) is 0.812. The monoisotopic (exact) mass is 330 g/mol. The second-order valence-electron chi connectivity index (χ2n) is 5.04. The van der Waals surface area contributed by atoms with Crippen LogP contribution in [0.4, 0.5) is 0 Å². The van der Waals surface area contributed by atoms with Gasteiger partial charge in [-0.25, -0.2) is 4.79 Å². The Balaban J connectivity index is 2.71. The summed E-state index contributed by atoms with van der Waals surface area (Å²) < 4.78 is 15.4. The number of phenolic OH excluding ortho intramolecular Hbond substituents is 1. The van der Waals surface area contributed by atoms with E-state index < -0.39 is 11.9 Å². The first kappa shape index (κ1) is 17.2. The lowest BCUT2D eigenvalue weighted by molar-refractivity contribution is -0.136. The van der Waals surface area contributed by atoms with Gasteiger partial charge in [-0.1, -0.05) is 13.0 Å². The Morgan fingerprint density at radius 1 is 1.46 bits per heavy atom. The smallest absolute Gasteiger partial charge is 0.338 e. The molecule has 2 rings (SSSR count). The van der Waals surface area contributed by atoms with Crippen LogP contribution in [0.1, 0.15) is 24.8 Å². The molecule has 3 N–H and O–H groups in total. The Labute approximate surface area is 139 Å². The second kappa shape index (κ2) is 6.96. The van der Waals surface area contributed by atoms with Crippen molar-refractivity contribution in [3.05, 3.63) is 46.6 Å². The molecule has 7 nitrogen and oxygen atoms in total. The molecule has 1 aliphatic heterocycles. The van der Waals surface area contributed by atoms with Crippen molar-refractivity contribution < 1.29 is 24.1 Å². The van der Waals surface area contributed by atoms with Crippen molar-refractivity contribution in [3.8, 4) is 17.6 Å². The van der Waals surface area contributed by atoms with Gasteiger partial charge >= 0.3 is 5.97 Å². The molecule has 0 fully saturated rings. The molecule has 0 aliphatic carbocycles. The number of nitriles is 1. The zero-order valence-electron chi connectivity index (χ0n) is 13.6. The summed E-state index contributed by atoms with van der Waals surface area (Å²) in [5, 5.41) is 19.3. The van der Waals surface area contributed by atoms with Crippen LogP contribution >= 0.6 is 0 Å². The summed E-state index contributed by atoms with van der Waals surface area (Å²) in [5.74, 6) is -0.917. The van der Waals surface area contributed by atoms with Gasteiger partial charge in [0.2, 0.25) is 5.88 Å². The minimum Gasteiger partial charge on any atom is -0.504 e. The zero-order valence-corrected chi connectivity index (χ0v) is 13.6. The number of ether oxygens (including phenoxy) is 3. The fraction of sp³-hybridized carbons (Fsp3) is 0.294. The third-order valence-corrected chi connectivity index (χ3v) is 3.76. The number of benzene rings is 1. The van der Waals surface area contributed by atoms with Crippen LogP contribution in [0, 0.1) is 11.3 Å². The van der Waals surface area contributed by atoms with Gasteiger partial charge < -0.3 is 25.1 Å². The summed E-state index contributed by atoms with van der Waals surface area (Å²) in [5.41, 5.74) is 6.71. The Bertz CT molecular complexity index is 774. The lowest BCUT2D eigenvalue weighted by Gasteiger charge is -2.27. The number of aromatic hydroxyl groups is 1. The number of esters is 1. The average molecular weight is 330 g/mol. The van der Waals surface area contributed by atoms with Gasteiger partial charge in [0.25, 0.3) is 0 Å². The molecular formula is C17H18N2O5. The molecule has 1 aliphatic rings. The van der Waals surface area contributed by atoms with Crippen LogP contribution in [0.3, 0.4) is 0 Å². The number of nitrogens with two attached hydrogens (primary N) is 1. The third-order valence-electron chi connectivity index (χ3n) is 3.76. The normalized spacial score (nSPS) is 17.2. The number of allylic oxidation sites excluding steroid dienone is 2. The summed E-state index contributed by atoms with van der Waals surface area (Å²) in [7, 11) is 2.66. The molecule has 1 aromatic rings. The van der Waals surface area contributed by atoms with Crippen molar-refractivity contribution in [2.45, 2.75) is 19.3 Å². The Hall–Kier alpha value is -3.14. The topological polar surface area (TPSA) is 115 Å². The van der Waals surface area contributed by atoms with E-state index in [1.165, 1.54) is 20.3 Å². The number of nitrogens with zero attached hydrogens (tertiary/aromatic N) is 1. The van der Waals surface area contributed by atoms with Crippen LogP contribution in [0.25, 0.3) is 0 Å². The minimum atomic E-state index is -0.763. The summed E-state index contributed by atoms with van der Waals surface area (Å²) >= 11 is 0. The molecule has 0 spiro atoms. The van der Waals surface area contributed by atoms with E-state index in [2.05, 4.69) is 0 Å². The van der Waals surface area contributed by atoms with E-state index in [0.29, 0.717) is 17.7 Å². The van der Waals surface area contributed by atoms with Crippen LogP contribution in [-0.4, -0.2) is 25.3 Å². The van der Waals surface area contributed by atoms with Gasteiger partial charge in [-0.05, 0) is 17.7 Å². The first-order valence-electron chi connectivity index (χ1n) is 7.24. The van der Waals surface area contributed by atoms with Gasteiger partial charge in [0.1, 0.15) is 17.4 Å². The van der Waals surface area contributed by atoms with Gasteiger partial charge in [0, 0.05) is 6.42 Å². The highest BCUT2D eigenvalue weighted by molar-refractivity contribution is 5.92. The first-order chi connectivity index (χ1) is 11.5. The van der Waals surface area contributed by atoms with Crippen molar-refractivity contribution in [2.75, 3.05) is 14.2 Å². The number of carbonyl (C=O) groups is 1. The molecule has 0 saturated carbocycles. The van der Waals surface area contributed by atoms with Gasteiger partial charge in [-0.3, -0.25) is 0 Å². The van der Waals surface area contributed by atoms with E-state index >= 15 is 0 Å². The predicted molar refractivity (Wildman–Crippen MR) is 84.6 cm³/mol. The van der Waals surface area contributed by atoms with Gasteiger partial charge in [-0.2, -0.15) is 5.26 Å². The summed E-state index contributed by atoms with van der Waals surface area (Å²) in [6.07, 6.45) is 0.398. The van der Waals surface area contributed by atoms with Crippen molar-refractivity contribution in [3.63, 3.8) is 0 Å². The molecule has 0 radical (unpaired) electrons.